The van der Waals surface area contributed by atoms with Gasteiger partial charge in [0.15, 0.2) is 5.82 Å². The van der Waals surface area contributed by atoms with Crippen molar-refractivity contribution >= 4 is 0 Å². The zero-order chi connectivity index (χ0) is 10.3. The number of tetrazole rings is 1. The van der Waals surface area contributed by atoms with Gasteiger partial charge in [-0.15, -0.1) is 5.10 Å². The minimum absolute atomic E-state index is 0.0434. The van der Waals surface area contributed by atoms with Crippen LogP contribution in [0.25, 0.3) is 0 Å². The fraction of sp³-hybridized carbons (Fsp3) is 0.833. The van der Waals surface area contributed by atoms with Gasteiger partial charge in [0.25, 0.3) is 0 Å². The second-order valence-corrected chi connectivity index (χ2v) is 3.16. The lowest BCUT2D eigenvalue weighted by Gasteiger charge is -2.33. The van der Waals surface area contributed by atoms with Gasteiger partial charge in [-0.1, -0.05) is 0 Å². The molecule has 1 aromatic heterocycles. The lowest BCUT2D eigenvalue weighted by molar-refractivity contribution is -0.112. The zero-order valence-corrected chi connectivity index (χ0v) is 7.09. The normalized spacial score (nSPS) is 36.9. The Balaban J connectivity index is 2.44. The van der Waals surface area contributed by atoms with E-state index in [0.717, 1.165) is 4.68 Å². The lowest BCUT2D eigenvalue weighted by Crippen LogP contribution is -2.46. The number of aliphatic hydroxyl groups excluding tert-OH is 4. The highest BCUT2D eigenvalue weighted by atomic mass is 16.4. The molecule has 4 N–H and O–H groups in total. The number of nitrogens with zero attached hydrogens (tertiary/aromatic N) is 4. The van der Waals surface area contributed by atoms with Gasteiger partial charge in [0.2, 0.25) is 0 Å². The first-order chi connectivity index (χ1) is 6.66. The molecule has 8 nitrogen and oxygen atoms in total. The van der Waals surface area contributed by atoms with E-state index >= 15 is 0 Å². The fourth-order valence-corrected chi connectivity index (χ4v) is 1.53. The van der Waals surface area contributed by atoms with E-state index in [-0.39, 0.29) is 5.82 Å². The SMILES string of the molecule is OC[C@@H]1[C@H](O)[C@H](O)[C@@H](O)c2nnnn21. The Hall–Kier alpha value is -1.09. The van der Waals surface area contributed by atoms with E-state index in [1.807, 2.05) is 0 Å². The third-order valence-corrected chi connectivity index (χ3v) is 2.35. The number of hydrogen-bond donors (Lipinski definition) is 4. The third-order valence-electron chi connectivity index (χ3n) is 2.35. The van der Waals surface area contributed by atoms with Crippen molar-refractivity contribution in [1.29, 1.82) is 0 Å². The van der Waals surface area contributed by atoms with Crippen LogP contribution in [0.1, 0.15) is 18.0 Å². The van der Waals surface area contributed by atoms with Crippen LogP contribution in [0.3, 0.4) is 0 Å². The monoisotopic (exact) mass is 202 g/mol. The predicted molar refractivity (Wildman–Crippen MR) is 40.9 cm³/mol. The van der Waals surface area contributed by atoms with Crippen LogP contribution >= 0.6 is 0 Å². The molecule has 2 heterocycles. The van der Waals surface area contributed by atoms with Crippen LogP contribution in [0.2, 0.25) is 0 Å². The van der Waals surface area contributed by atoms with Crippen LogP contribution in [-0.2, 0) is 0 Å². The summed E-state index contributed by atoms with van der Waals surface area (Å²) in [4.78, 5) is 0. The Kier molecular flexibility index (Phi) is 2.19. The summed E-state index contributed by atoms with van der Waals surface area (Å²) >= 11 is 0. The molecule has 0 bridgehead atoms. The van der Waals surface area contributed by atoms with Crippen LogP contribution in [0.15, 0.2) is 0 Å². The van der Waals surface area contributed by atoms with Gasteiger partial charge < -0.3 is 20.4 Å². The van der Waals surface area contributed by atoms with Crippen molar-refractivity contribution in [1.82, 2.24) is 20.2 Å². The molecule has 8 heteroatoms. The topological polar surface area (TPSA) is 125 Å². The first kappa shape index (κ1) is 9.46. The summed E-state index contributed by atoms with van der Waals surface area (Å²) in [6, 6.07) is -0.821. The quantitative estimate of drug-likeness (QED) is 0.382. The molecule has 0 aromatic carbocycles. The Bertz CT molecular complexity index is 329. The first-order valence-corrected chi connectivity index (χ1v) is 4.09. The van der Waals surface area contributed by atoms with Gasteiger partial charge in [-0.2, -0.15) is 0 Å². The number of hydrogen-bond acceptors (Lipinski definition) is 7. The largest absolute Gasteiger partial charge is 0.394 e. The molecular weight excluding hydrogens is 192 g/mol. The second-order valence-electron chi connectivity index (χ2n) is 3.16. The van der Waals surface area contributed by atoms with Crippen molar-refractivity contribution in [3.05, 3.63) is 5.82 Å². The van der Waals surface area contributed by atoms with Gasteiger partial charge >= 0.3 is 0 Å². The van der Waals surface area contributed by atoms with Crippen molar-refractivity contribution in [2.24, 2.45) is 0 Å². The maximum atomic E-state index is 9.49. The highest BCUT2D eigenvalue weighted by molar-refractivity contribution is 5.02. The van der Waals surface area contributed by atoms with Crippen molar-refractivity contribution in [3.8, 4) is 0 Å². The molecule has 0 amide bonds. The standard InChI is InChI=1S/C6H10N4O4/c11-1-2-3(12)4(13)5(14)6-7-8-9-10(2)6/h2-5,11-14H,1H2/t2-,3+,4+,5-/m1/s1. The van der Waals surface area contributed by atoms with Gasteiger partial charge in [-0.05, 0) is 10.4 Å². The molecule has 4 atom stereocenters. The van der Waals surface area contributed by atoms with E-state index in [0.29, 0.717) is 0 Å². The number of fused-ring (bicyclic) bond motifs is 1. The van der Waals surface area contributed by atoms with Crippen molar-refractivity contribution in [2.75, 3.05) is 6.61 Å². The number of aliphatic hydroxyl groups is 4. The van der Waals surface area contributed by atoms with Gasteiger partial charge in [-0.3, -0.25) is 0 Å². The average Bonchev–Trinajstić information content (AvgIpc) is 2.64. The smallest absolute Gasteiger partial charge is 0.183 e. The molecule has 0 saturated heterocycles. The molecule has 0 spiro atoms. The van der Waals surface area contributed by atoms with E-state index in [2.05, 4.69) is 15.5 Å². The Morgan fingerprint density at radius 1 is 1.21 bits per heavy atom. The van der Waals surface area contributed by atoms with Gasteiger partial charge in [0, 0.05) is 0 Å². The molecule has 1 aromatic rings. The molecule has 78 valence electrons. The molecule has 0 unspecified atom stereocenters. The molecule has 0 fully saturated rings. The number of aromatic nitrogens is 4. The highest BCUT2D eigenvalue weighted by Gasteiger charge is 2.42. The minimum atomic E-state index is -1.38. The van der Waals surface area contributed by atoms with Crippen LogP contribution in [-0.4, -0.2) is 59.4 Å². The van der Waals surface area contributed by atoms with E-state index in [1.54, 1.807) is 0 Å². The van der Waals surface area contributed by atoms with Gasteiger partial charge in [-0.25, -0.2) is 4.68 Å². The first-order valence-electron chi connectivity index (χ1n) is 4.09. The van der Waals surface area contributed by atoms with Crippen LogP contribution in [0, 0.1) is 0 Å². The lowest BCUT2D eigenvalue weighted by atomic mass is 9.97. The summed E-state index contributed by atoms with van der Waals surface area (Å²) in [5.74, 6) is 0.0434. The minimum Gasteiger partial charge on any atom is -0.394 e. The Morgan fingerprint density at radius 3 is 2.57 bits per heavy atom. The van der Waals surface area contributed by atoms with Crippen molar-refractivity contribution in [3.63, 3.8) is 0 Å². The van der Waals surface area contributed by atoms with E-state index in [1.165, 1.54) is 0 Å². The van der Waals surface area contributed by atoms with E-state index < -0.39 is 31.0 Å². The molecule has 1 aliphatic rings. The molecule has 1 aliphatic heterocycles. The van der Waals surface area contributed by atoms with E-state index in [4.69, 9.17) is 5.11 Å². The van der Waals surface area contributed by atoms with Crippen LogP contribution in [0.4, 0.5) is 0 Å². The van der Waals surface area contributed by atoms with Gasteiger partial charge in [0.05, 0.1) is 6.61 Å². The summed E-state index contributed by atoms with van der Waals surface area (Å²) in [6.07, 6.45) is -4.00. The summed E-state index contributed by atoms with van der Waals surface area (Å²) in [5, 5.41) is 47.6. The van der Waals surface area contributed by atoms with E-state index in [9.17, 15) is 15.3 Å². The number of rotatable bonds is 1. The molecule has 0 aliphatic carbocycles. The van der Waals surface area contributed by atoms with Gasteiger partial charge in [0.1, 0.15) is 24.4 Å². The molecule has 0 saturated carbocycles. The molecule has 14 heavy (non-hydrogen) atoms. The predicted octanol–water partition coefficient (Wildman–Crippen LogP) is -3.02. The maximum absolute atomic E-state index is 9.49. The zero-order valence-electron chi connectivity index (χ0n) is 7.09. The summed E-state index contributed by atoms with van der Waals surface area (Å²) in [7, 11) is 0. The fourth-order valence-electron chi connectivity index (χ4n) is 1.53. The Morgan fingerprint density at radius 2 is 1.93 bits per heavy atom. The second kappa shape index (κ2) is 3.24. The van der Waals surface area contributed by atoms with Crippen molar-refractivity contribution in [2.45, 2.75) is 24.4 Å². The summed E-state index contributed by atoms with van der Waals surface area (Å²) in [6.45, 7) is -0.414. The molecule has 0 radical (unpaired) electrons. The highest BCUT2D eigenvalue weighted by Crippen LogP contribution is 2.29. The van der Waals surface area contributed by atoms with Crippen LogP contribution < -0.4 is 0 Å². The molecule has 2 rings (SSSR count). The average molecular weight is 202 g/mol. The maximum Gasteiger partial charge on any atom is 0.183 e. The summed E-state index contributed by atoms with van der Waals surface area (Å²) in [5.41, 5.74) is 0. The molecular formula is C6H10N4O4. The van der Waals surface area contributed by atoms with Crippen LogP contribution in [0.5, 0.6) is 0 Å². The summed E-state index contributed by atoms with van der Waals surface area (Å²) < 4.78 is 1.11. The Labute approximate surface area is 78.4 Å². The third kappa shape index (κ3) is 1.12. The van der Waals surface area contributed by atoms with Crippen molar-refractivity contribution < 1.29 is 20.4 Å².